The molecule has 5 heteroatoms. The van der Waals surface area contributed by atoms with Crippen molar-refractivity contribution in [3.63, 3.8) is 0 Å². The van der Waals surface area contributed by atoms with E-state index < -0.39 is 0 Å². The van der Waals surface area contributed by atoms with E-state index in [0.29, 0.717) is 0 Å². The fraction of sp³-hybridized carbons (Fsp3) is 0.111. The van der Waals surface area contributed by atoms with Gasteiger partial charge in [0.15, 0.2) is 12.2 Å². The van der Waals surface area contributed by atoms with Gasteiger partial charge in [-0.25, -0.2) is 4.98 Å². The maximum Gasteiger partial charge on any atom is 0.181 e. The lowest BCUT2D eigenvalue weighted by molar-refractivity contribution is 0.572. The largest absolute Gasteiger partial charge is 0.444 e. The van der Waals surface area contributed by atoms with Crippen LogP contribution in [0.5, 0.6) is 0 Å². The topological polar surface area (TPSA) is 76.4 Å². The molecule has 0 saturated carbocycles. The van der Waals surface area contributed by atoms with Crippen molar-refractivity contribution in [2.24, 2.45) is 10.8 Å². The molecule has 23 heavy (non-hydrogen) atoms. The second-order valence-corrected chi connectivity index (χ2v) is 5.27. The van der Waals surface area contributed by atoms with Crippen molar-refractivity contribution in [3.05, 3.63) is 72.2 Å². The minimum Gasteiger partial charge on any atom is -0.444 e. The minimum absolute atomic E-state index is 0.0435. The summed E-state index contributed by atoms with van der Waals surface area (Å²) in [6.07, 6.45) is 4.88. The number of nitrogens with two attached hydrogens (primary N) is 1. The molecule has 0 aliphatic carbocycles. The van der Waals surface area contributed by atoms with Gasteiger partial charge in [0, 0.05) is 11.6 Å². The molecule has 0 amide bonds. The average molecular weight is 306 g/mol. The molecule has 0 saturated heterocycles. The first-order valence-corrected chi connectivity index (χ1v) is 7.36. The lowest BCUT2D eigenvalue weighted by Crippen LogP contribution is -2.04. The summed E-state index contributed by atoms with van der Waals surface area (Å²) in [5.41, 5.74) is 12.8. The summed E-state index contributed by atoms with van der Waals surface area (Å²) in [5, 5.41) is 4.24. The predicted molar refractivity (Wildman–Crippen MR) is 92.2 cm³/mol. The Morgan fingerprint density at radius 2 is 1.87 bits per heavy atom. The monoisotopic (exact) mass is 306 g/mol. The van der Waals surface area contributed by atoms with E-state index in [1.54, 1.807) is 12.4 Å². The zero-order valence-electron chi connectivity index (χ0n) is 12.8. The molecule has 0 spiro atoms. The number of oxazole rings is 1. The highest BCUT2D eigenvalue weighted by Crippen LogP contribution is 2.20. The second-order valence-electron chi connectivity index (χ2n) is 5.27. The number of hydrogen-bond acceptors (Lipinski definition) is 5. The van der Waals surface area contributed by atoms with E-state index in [9.17, 15) is 0 Å². The molecule has 3 N–H and O–H groups in total. The van der Waals surface area contributed by atoms with E-state index >= 15 is 0 Å². The summed E-state index contributed by atoms with van der Waals surface area (Å²) < 4.78 is 5.25. The first-order chi connectivity index (χ1) is 11.2. The summed E-state index contributed by atoms with van der Waals surface area (Å²) in [5.74, 6) is 0.745. The third-order valence-electron chi connectivity index (χ3n) is 3.47. The fourth-order valence-electron chi connectivity index (χ4n) is 2.13. The highest BCUT2D eigenvalue weighted by molar-refractivity contribution is 5.80. The summed E-state index contributed by atoms with van der Waals surface area (Å²) in [6.45, 7) is 1.97. The number of benzene rings is 2. The van der Waals surface area contributed by atoms with Crippen molar-refractivity contribution < 1.29 is 4.42 Å². The van der Waals surface area contributed by atoms with Crippen molar-refractivity contribution >= 4 is 11.9 Å². The molecule has 5 nitrogen and oxygen atoms in total. The van der Waals surface area contributed by atoms with Crippen molar-refractivity contribution in [1.82, 2.24) is 4.98 Å². The number of rotatable bonds is 5. The second kappa shape index (κ2) is 6.89. The first-order valence-electron chi connectivity index (χ1n) is 7.36. The Labute approximate surface area is 134 Å². The normalized spacial score (nSPS) is 12.4. The predicted octanol–water partition coefficient (Wildman–Crippen LogP) is 3.81. The van der Waals surface area contributed by atoms with Gasteiger partial charge in [-0.1, -0.05) is 24.3 Å². The van der Waals surface area contributed by atoms with Crippen LogP contribution in [0.25, 0.3) is 11.3 Å². The maximum atomic E-state index is 5.83. The van der Waals surface area contributed by atoms with Crippen LogP contribution in [0.4, 0.5) is 5.69 Å². The van der Waals surface area contributed by atoms with Crippen LogP contribution in [0.15, 0.2) is 70.6 Å². The Morgan fingerprint density at radius 3 is 2.48 bits per heavy atom. The van der Waals surface area contributed by atoms with Crippen LogP contribution in [0.1, 0.15) is 24.1 Å². The van der Waals surface area contributed by atoms with Crippen LogP contribution >= 0.6 is 0 Å². The molecule has 3 aromatic rings. The molecule has 1 unspecified atom stereocenters. The summed E-state index contributed by atoms with van der Waals surface area (Å²) in [6, 6.07) is 15.8. The lowest BCUT2D eigenvalue weighted by Gasteiger charge is -2.05. The molecule has 3 rings (SSSR count). The van der Waals surface area contributed by atoms with E-state index in [4.69, 9.17) is 10.2 Å². The van der Waals surface area contributed by atoms with Crippen molar-refractivity contribution in [3.8, 4) is 11.3 Å². The van der Waals surface area contributed by atoms with Crippen LogP contribution in [-0.4, -0.2) is 11.2 Å². The zero-order chi connectivity index (χ0) is 16.1. The van der Waals surface area contributed by atoms with Crippen LogP contribution in [0.3, 0.4) is 0 Å². The van der Waals surface area contributed by atoms with Crippen molar-refractivity contribution in [2.45, 2.75) is 13.0 Å². The third-order valence-corrected chi connectivity index (χ3v) is 3.47. The highest BCUT2D eigenvalue weighted by atomic mass is 16.3. The zero-order valence-corrected chi connectivity index (χ0v) is 12.8. The van der Waals surface area contributed by atoms with E-state index in [1.807, 2.05) is 55.5 Å². The Bertz CT molecular complexity index is 760. The van der Waals surface area contributed by atoms with E-state index in [1.165, 1.54) is 6.39 Å². The molecular weight excluding hydrogens is 288 g/mol. The van der Waals surface area contributed by atoms with Crippen molar-refractivity contribution in [2.75, 3.05) is 5.43 Å². The summed E-state index contributed by atoms with van der Waals surface area (Å²) in [4.78, 5) is 3.91. The van der Waals surface area contributed by atoms with Gasteiger partial charge in [-0.05, 0) is 42.3 Å². The summed E-state index contributed by atoms with van der Waals surface area (Å²) >= 11 is 0. The molecule has 2 aromatic carbocycles. The van der Waals surface area contributed by atoms with Crippen LogP contribution in [0.2, 0.25) is 0 Å². The minimum atomic E-state index is 0.0435. The van der Waals surface area contributed by atoms with E-state index in [-0.39, 0.29) is 6.04 Å². The van der Waals surface area contributed by atoms with Gasteiger partial charge in [0.25, 0.3) is 0 Å². The number of nitrogens with one attached hydrogen (secondary N) is 1. The fourth-order valence-corrected chi connectivity index (χ4v) is 2.13. The van der Waals surface area contributed by atoms with Crippen LogP contribution in [-0.2, 0) is 0 Å². The molecule has 0 aliphatic heterocycles. The van der Waals surface area contributed by atoms with Crippen LogP contribution < -0.4 is 11.2 Å². The van der Waals surface area contributed by atoms with Crippen molar-refractivity contribution in [1.29, 1.82) is 0 Å². The highest BCUT2D eigenvalue weighted by Gasteiger charge is 2.00. The van der Waals surface area contributed by atoms with Gasteiger partial charge in [0.2, 0.25) is 0 Å². The molecule has 1 heterocycles. The molecular formula is C18H18N4O. The SMILES string of the molecule is CC(N)c1ccc(/C=N/Nc2ccc(-c3cnco3)cc2)cc1. The molecule has 0 bridgehead atoms. The molecule has 116 valence electrons. The number of aromatic nitrogens is 1. The molecule has 1 atom stereocenters. The first kappa shape index (κ1) is 15.0. The van der Waals surface area contributed by atoms with E-state index in [2.05, 4.69) is 15.5 Å². The van der Waals surface area contributed by atoms with E-state index in [0.717, 1.165) is 28.1 Å². The van der Waals surface area contributed by atoms with Gasteiger partial charge < -0.3 is 10.2 Å². The number of anilines is 1. The third kappa shape index (κ3) is 3.84. The quantitative estimate of drug-likeness (QED) is 0.555. The number of hydrogen-bond donors (Lipinski definition) is 2. The van der Waals surface area contributed by atoms with Crippen LogP contribution in [0, 0.1) is 0 Å². The van der Waals surface area contributed by atoms with Gasteiger partial charge in [0.05, 0.1) is 18.1 Å². The number of nitrogens with zero attached hydrogens (tertiary/aromatic N) is 2. The van der Waals surface area contributed by atoms with Gasteiger partial charge >= 0.3 is 0 Å². The Kier molecular flexibility index (Phi) is 4.49. The van der Waals surface area contributed by atoms with Gasteiger partial charge in [-0.2, -0.15) is 5.10 Å². The molecule has 1 aromatic heterocycles. The average Bonchev–Trinajstić information content (AvgIpc) is 3.10. The molecule has 0 radical (unpaired) electrons. The van der Waals surface area contributed by atoms with Gasteiger partial charge in [-0.3, -0.25) is 5.43 Å². The smallest absolute Gasteiger partial charge is 0.181 e. The maximum absolute atomic E-state index is 5.83. The summed E-state index contributed by atoms with van der Waals surface area (Å²) in [7, 11) is 0. The number of hydrazone groups is 1. The Morgan fingerprint density at radius 1 is 1.13 bits per heavy atom. The Balaban J connectivity index is 1.61. The molecule has 0 fully saturated rings. The van der Waals surface area contributed by atoms with Gasteiger partial charge in [-0.15, -0.1) is 0 Å². The Hall–Kier alpha value is -2.92. The lowest BCUT2D eigenvalue weighted by atomic mass is 10.1. The standard InChI is InChI=1S/C18H18N4O/c1-13(19)15-4-2-14(3-5-15)10-21-22-17-8-6-16(7-9-17)18-11-20-12-23-18/h2-13,22H,19H2,1H3/b21-10+. The van der Waals surface area contributed by atoms with Gasteiger partial charge in [0.1, 0.15) is 0 Å². The molecule has 0 aliphatic rings.